The first-order valence-corrected chi connectivity index (χ1v) is 12.6. The first-order valence-electron chi connectivity index (χ1n) is 11.8. The fourth-order valence-electron chi connectivity index (χ4n) is 4.12. The van der Waals surface area contributed by atoms with Crippen LogP contribution in [0.3, 0.4) is 0 Å². The number of anilines is 1. The van der Waals surface area contributed by atoms with Crippen molar-refractivity contribution < 1.29 is 28.5 Å². The Morgan fingerprint density at radius 1 is 1.21 bits per heavy atom. The fraction of sp³-hybridized carbons (Fsp3) is 0.231. The number of ether oxygens (including phenoxy) is 3. The van der Waals surface area contributed by atoms with Gasteiger partial charge in [-0.05, 0) is 18.2 Å². The van der Waals surface area contributed by atoms with E-state index in [-0.39, 0.29) is 33.5 Å². The van der Waals surface area contributed by atoms with E-state index < -0.39 is 10.9 Å². The molecule has 0 bridgehead atoms. The molecule has 39 heavy (non-hydrogen) atoms. The zero-order valence-electron chi connectivity index (χ0n) is 20.7. The van der Waals surface area contributed by atoms with Crippen LogP contribution in [0.4, 0.5) is 10.7 Å². The van der Waals surface area contributed by atoms with Crippen LogP contribution in [-0.4, -0.2) is 54.4 Å². The van der Waals surface area contributed by atoms with Gasteiger partial charge in [0.05, 0.1) is 30.9 Å². The van der Waals surface area contributed by atoms with Crippen LogP contribution >= 0.6 is 11.3 Å². The monoisotopic (exact) mass is 547 g/mol. The van der Waals surface area contributed by atoms with Gasteiger partial charge >= 0.3 is 11.0 Å². The van der Waals surface area contributed by atoms with Crippen LogP contribution in [0.1, 0.15) is 20.8 Å². The Bertz CT molecular complexity index is 1540. The van der Waals surface area contributed by atoms with Crippen molar-refractivity contribution in [3.8, 4) is 34.5 Å². The van der Waals surface area contributed by atoms with E-state index in [1.165, 1.54) is 19.4 Å². The highest BCUT2D eigenvalue weighted by atomic mass is 32.1. The SMILES string of the molecule is COC(=O)c1sc([N+](=O)[O-])cc1COc1nc(-c2ccc(N3CCOCC3)cc2)cc(-c2ccon2)c1C#N. The van der Waals surface area contributed by atoms with Crippen molar-refractivity contribution >= 4 is 28.0 Å². The summed E-state index contributed by atoms with van der Waals surface area (Å²) in [4.78, 5) is 29.8. The third-order valence-electron chi connectivity index (χ3n) is 6.06. The molecule has 4 aromatic rings. The number of methoxy groups -OCH3 is 1. The summed E-state index contributed by atoms with van der Waals surface area (Å²) in [5, 5.41) is 25.0. The summed E-state index contributed by atoms with van der Waals surface area (Å²) >= 11 is 0.686. The van der Waals surface area contributed by atoms with E-state index in [0.717, 1.165) is 24.3 Å². The molecule has 198 valence electrons. The fourth-order valence-corrected chi connectivity index (χ4v) is 5.02. The highest BCUT2D eigenvalue weighted by molar-refractivity contribution is 7.17. The van der Waals surface area contributed by atoms with Gasteiger partial charge in [-0.1, -0.05) is 28.6 Å². The standard InChI is InChI=1S/C26H21N5O7S/c1-35-26(32)24-17(12-23(39-24)31(33)34)15-37-25-20(14-27)19(21-6-9-38-29-21)13-22(28-25)16-2-4-18(5-3-16)30-7-10-36-11-8-30/h2-6,9,12-13H,7-8,10-11,15H2,1H3. The number of nitrogens with zero attached hydrogens (tertiary/aromatic N) is 5. The van der Waals surface area contributed by atoms with Crippen molar-refractivity contribution in [2.24, 2.45) is 0 Å². The summed E-state index contributed by atoms with van der Waals surface area (Å²) in [5.41, 5.74) is 3.53. The van der Waals surface area contributed by atoms with Crippen molar-refractivity contribution in [3.63, 3.8) is 0 Å². The summed E-state index contributed by atoms with van der Waals surface area (Å²) in [6, 6.07) is 14.5. The molecule has 4 heterocycles. The number of hydrogen-bond acceptors (Lipinski definition) is 12. The van der Waals surface area contributed by atoms with Gasteiger partial charge in [0.25, 0.3) is 0 Å². The predicted octanol–water partition coefficient (Wildman–Crippen LogP) is 4.45. The number of carbonyl (C=O) groups is 1. The minimum absolute atomic E-state index is 0.0186. The number of hydrogen-bond donors (Lipinski definition) is 0. The lowest BCUT2D eigenvalue weighted by atomic mass is 10.0. The highest BCUT2D eigenvalue weighted by Crippen LogP contribution is 2.35. The van der Waals surface area contributed by atoms with E-state index in [1.54, 1.807) is 12.1 Å². The molecule has 1 fully saturated rings. The van der Waals surface area contributed by atoms with Gasteiger partial charge in [-0.3, -0.25) is 10.1 Å². The van der Waals surface area contributed by atoms with Crippen molar-refractivity contribution in [2.45, 2.75) is 6.61 Å². The Kier molecular flexibility index (Phi) is 7.48. The number of nitro groups is 1. The lowest BCUT2D eigenvalue weighted by Crippen LogP contribution is -2.36. The molecule has 5 rings (SSSR count). The second kappa shape index (κ2) is 11.3. The molecule has 0 atom stereocenters. The average Bonchev–Trinajstić information content (AvgIpc) is 3.67. The van der Waals surface area contributed by atoms with E-state index in [2.05, 4.69) is 21.1 Å². The van der Waals surface area contributed by atoms with Gasteiger partial charge in [-0.15, -0.1) is 0 Å². The van der Waals surface area contributed by atoms with Crippen LogP contribution in [0.5, 0.6) is 5.88 Å². The van der Waals surface area contributed by atoms with Crippen LogP contribution in [0.15, 0.2) is 53.3 Å². The quantitative estimate of drug-likeness (QED) is 0.175. The van der Waals surface area contributed by atoms with Gasteiger partial charge in [0.15, 0.2) is 0 Å². The van der Waals surface area contributed by atoms with Gasteiger partial charge < -0.3 is 23.6 Å². The number of carbonyl (C=O) groups excluding carboxylic acids is 1. The molecule has 0 aliphatic carbocycles. The molecule has 0 amide bonds. The largest absolute Gasteiger partial charge is 0.472 e. The highest BCUT2D eigenvalue weighted by Gasteiger charge is 2.24. The van der Waals surface area contributed by atoms with Crippen LogP contribution in [-0.2, 0) is 16.1 Å². The predicted molar refractivity (Wildman–Crippen MR) is 140 cm³/mol. The zero-order chi connectivity index (χ0) is 27.4. The average molecular weight is 548 g/mol. The molecule has 13 heteroatoms. The third-order valence-corrected chi connectivity index (χ3v) is 7.17. The molecular formula is C26H21N5O7S. The van der Waals surface area contributed by atoms with E-state index in [1.807, 2.05) is 24.3 Å². The molecular weight excluding hydrogens is 526 g/mol. The number of thiophene rings is 1. The molecule has 0 N–H and O–H groups in total. The maximum Gasteiger partial charge on any atom is 0.348 e. The van der Waals surface area contributed by atoms with Gasteiger partial charge in [-0.25, -0.2) is 9.78 Å². The smallest absolute Gasteiger partial charge is 0.348 e. The Balaban J connectivity index is 1.52. The molecule has 0 unspecified atom stereocenters. The van der Waals surface area contributed by atoms with Crippen molar-refractivity contribution in [3.05, 3.63) is 74.8 Å². The van der Waals surface area contributed by atoms with Crippen LogP contribution in [0.25, 0.3) is 22.5 Å². The van der Waals surface area contributed by atoms with E-state index in [0.29, 0.717) is 41.5 Å². The number of aromatic nitrogens is 2. The molecule has 12 nitrogen and oxygen atoms in total. The van der Waals surface area contributed by atoms with Crippen molar-refractivity contribution in [1.29, 1.82) is 5.26 Å². The Morgan fingerprint density at radius 2 is 1.97 bits per heavy atom. The number of esters is 1. The second-order valence-corrected chi connectivity index (χ2v) is 9.39. The van der Waals surface area contributed by atoms with Crippen molar-refractivity contribution in [2.75, 3.05) is 38.3 Å². The summed E-state index contributed by atoms with van der Waals surface area (Å²) in [7, 11) is 1.19. The van der Waals surface area contributed by atoms with Crippen LogP contribution in [0.2, 0.25) is 0 Å². The first kappa shape index (κ1) is 25.8. The lowest BCUT2D eigenvalue weighted by molar-refractivity contribution is -0.380. The Morgan fingerprint density at radius 3 is 2.62 bits per heavy atom. The topological polar surface area (TPSA) is 154 Å². The number of nitriles is 1. The molecule has 0 radical (unpaired) electrons. The number of morpholine rings is 1. The molecule has 1 saturated heterocycles. The van der Waals surface area contributed by atoms with E-state index >= 15 is 0 Å². The summed E-state index contributed by atoms with van der Waals surface area (Å²) in [6.07, 6.45) is 1.39. The van der Waals surface area contributed by atoms with Crippen LogP contribution in [0, 0.1) is 21.4 Å². The number of benzene rings is 1. The van der Waals surface area contributed by atoms with Gasteiger partial charge in [-0.2, -0.15) is 5.26 Å². The second-order valence-electron chi connectivity index (χ2n) is 8.35. The van der Waals surface area contributed by atoms with Gasteiger partial charge in [0.1, 0.15) is 35.1 Å². The van der Waals surface area contributed by atoms with Crippen molar-refractivity contribution in [1.82, 2.24) is 10.1 Å². The molecule has 1 aliphatic heterocycles. The summed E-state index contributed by atoms with van der Waals surface area (Å²) in [6.45, 7) is 2.69. The normalized spacial score (nSPS) is 13.1. The van der Waals surface area contributed by atoms with Gasteiger partial charge in [0, 0.05) is 47.6 Å². The van der Waals surface area contributed by atoms with E-state index in [9.17, 15) is 20.2 Å². The molecule has 0 spiro atoms. The maximum absolute atomic E-state index is 12.2. The maximum atomic E-state index is 12.2. The molecule has 1 aliphatic rings. The summed E-state index contributed by atoms with van der Waals surface area (Å²) < 4.78 is 21.1. The number of rotatable bonds is 8. The van der Waals surface area contributed by atoms with Crippen LogP contribution < -0.4 is 9.64 Å². The Hall–Kier alpha value is -4.80. The first-order chi connectivity index (χ1) is 19.0. The minimum Gasteiger partial charge on any atom is -0.472 e. The molecule has 3 aromatic heterocycles. The Labute approximate surface area is 226 Å². The molecule has 1 aromatic carbocycles. The zero-order valence-corrected chi connectivity index (χ0v) is 21.5. The minimum atomic E-state index is -0.724. The summed E-state index contributed by atoms with van der Waals surface area (Å²) in [5.74, 6) is -0.743. The third kappa shape index (κ3) is 5.42. The van der Waals surface area contributed by atoms with E-state index in [4.69, 9.17) is 18.7 Å². The molecule has 0 saturated carbocycles. The lowest BCUT2D eigenvalue weighted by Gasteiger charge is -2.28. The van der Waals surface area contributed by atoms with Gasteiger partial charge in [0.2, 0.25) is 5.88 Å². The number of pyridine rings is 1.